The molecule has 0 aromatic heterocycles. The van der Waals surface area contributed by atoms with Crippen LogP contribution in [0.4, 0.5) is 0 Å². The van der Waals surface area contributed by atoms with Gasteiger partial charge in [-0.05, 0) is 37.6 Å². The molecule has 0 saturated carbocycles. The molecule has 2 aromatic rings. The van der Waals surface area contributed by atoms with E-state index < -0.39 is 0 Å². The van der Waals surface area contributed by atoms with Crippen molar-refractivity contribution in [2.24, 2.45) is 0 Å². The number of hydrogen-bond acceptors (Lipinski definition) is 3. The number of fused-ring (bicyclic) bond motifs is 1. The Balaban J connectivity index is 1.34. The number of nitrogens with one attached hydrogen (secondary N) is 1. The Morgan fingerprint density at radius 2 is 1.66 bits per heavy atom. The van der Waals surface area contributed by atoms with Crippen LogP contribution in [0.1, 0.15) is 46.8 Å². The first-order valence-electron chi connectivity index (χ1n) is 10.3. The fourth-order valence-corrected chi connectivity index (χ4v) is 4.27. The largest absolute Gasteiger partial charge is 0.354 e. The lowest BCUT2D eigenvalue weighted by atomic mass is 10.1. The molecule has 1 saturated heterocycles. The molecule has 4 rings (SSSR count). The molecule has 150 valence electrons. The summed E-state index contributed by atoms with van der Waals surface area (Å²) in [6, 6.07) is 18.0. The van der Waals surface area contributed by atoms with Crippen molar-refractivity contribution in [3.63, 3.8) is 0 Å². The highest BCUT2D eigenvalue weighted by Gasteiger charge is 2.30. The molecule has 5 heteroatoms. The van der Waals surface area contributed by atoms with Crippen molar-refractivity contribution in [2.75, 3.05) is 26.2 Å². The normalized spacial score (nSPS) is 17.4. The standard InChI is InChI=1S/C24H27N3O2/c1-18-20-11-5-6-12-21(20)24(29)27(18)16-13-23(28)25-17-22(26-14-7-8-15-26)19-9-3-2-4-10-19/h2-6,9-12,22H,1,7-8,13-17H2,(H,25,28)/t22-/m0/s1. The highest BCUT2D eigenvalue weighted by Crippen LogP contribution is 2.31. The predicted molar refractivity (Wildman–Crippen MR) is 114 cm³/mol. The van der Waals surface area contributed by atoms with Crippen LogP contribution in [0.15, 0.2) is 61.2 Å². The minimum absolute atomic E-state index is 0.0401. The van der Waals surface area contributed by atoms with Gasteiger partial charge in [0.15, 0.2) is 0 Å². The van der Waals surface area contributed by atoms with Gasteiger partial charge in [0.1, 0.15) is 0 Å². The van der Waals surface area contributed by atoms with Gasteiger partial charge in [0.05, 0.1) is 6.04 Å². The van der Waals surface area contributed by atoms with Crippen molar-refractivity contribution in [3.8, 4) is 0 Å². The Bertz CT molecular complexity index is 868. The number of amides is 2. The zero-order valence-electron chi connectivity index (χ0n) is 16.6. The van der Waals surface area contributed by atoms with Gasteiger partial charge in [0, 0.05) is 36.3 Å². The molecule has 2 aliphatic heterocycles. The number of hydrogen-bond donors (Lipinski definition) is 1. The molecule has 0 unspecified atom stereocenters. The summed E-state index contributed by atoms with van der Waals surface area (Å²) in [6.07, 6.45) is 2.67. The maximum Gasteiger partial charge on any atom is 0.258 e. The van der Waals surface area contributed by atoms with E-state index >= 15 is 0 Å². The molecule has 1 fully saturated rings. The maximum absolute atomic E-state index is 12.6. The summed E-state index contributed by atoms with van der Waals surface area (Å²) in [4.78, 5) is 29.2. The molecule has 0 radical (unpaired) electrons. The van der Waals surface area contributed by atoms with E-state index in [0.717, 1.165) is 18.7 Å². The summed E-state index contributed by atoms with van der Waals surface area (Å²) in [5.41, 5.74) is 3.43. The van der Waals surface area contributed by atoms with Gasteiger partial charge in [-0.2, -0.15) is 0 Å². The lowest BCUT2D eigenvalue weighted by molar-refractivity contribution is -0.121. The average molecular weight is 389 g/mol. The monoisotopic (exact) mass is 389 g/mol. The Morgan fingerprint density at radius 3 is 2.34 bits per heavy atom. The van der Waals surface area contributed by atoms with Gasteiger partial charge in [-0.1, -0.05) is 55.1 Å². The van der Waals surface area contributed by atoms with Crippen LogP contribution < -0.4 is 5.32 Å². The molecular weight excluding hydrogens is 362 g/mol. The van der Waals surface area contributed by atoms with E-state index in [1.165, 1.54) is 18.4 Å². The number of nitrogens with zero attached hydrogens (tertiary/aromatic N) is 2. The number of carbonyl (C=O) groups is 2. The molecule has 1 N–H and O–H groups in total. The summed E-state index contributed by atoms with van der Waals surface area (Å²) >= 11 is 0. The molecule has 0 bridgehead atoms. The fourth-order valence-electron chi connectivity index (χ4n) is 4.27. The van der Waals surface area contributed by atoms with Crippen molar-refractivity contribution in [1.82, 2.24) is 15.1 Å². The molecule has 2 aliphatic rings. The van der Waals surface area contributed by atoms with Gasteiger partial charge in [-0.25, -0.2) is 0 Å². The third-order valence-electron chi connectivity index (χ3n) is 5.86. The van der Waals surface area contributed by atoms with Crippen LogP contribution >= 0.6 is 0 Å². The lowest BCUT2D eigenvalue weighted by Crippen LogP contribution is -2.38. The number of likely N-dealkylation sites (tertiary alicyclic amines) is 1. The van der Waals surface area contributed by atoms with Gasteiger partial charge in [-0.15, -0.1) is 0 Å². The Labute approximate surface area is 172 Å². The number of carbonyl (C=O) groups excluding carboxylic acids is 2. The van der Waals surface area contributed by atoms with E-state index in [-0.39, 0.29) is 24.3 Å². The lowest BCUT2D eigenvalue weighted by Gasteiger charge is -2.28. The fraction of sp³-hybridized carbons (Fsp3) is 0.333. The average Bonchev–Trinajstić information content (AvgIpc) is 3.36. The number of rotatable bonds is 7. The predicted octanol–water partition coefficient (Wildman–Crippen LogP) is 3.46. The minimum atomic E-state index is -0.0716. The van der Waals surface area contributed by atoms with Crippen LogP contribution in [-0.4, -0.2) is 47.8 Å². The van der Waals surface area contributed by atoms with Gasteiger partial charge in [-0.3, -0.25) is 14.5 Å². The van der Waals surface area contributed by atoms with Crippen molar-refractivity contribution in [3.05, 3.63) is 77.9 Å². The van der Waals surface area contributed by atoms with Crippen LogP contribution in [0.25, 0.3) is 5.70 Å². The highest BCUT2D eigenvalue weighted by molar-refractivity contribution is 6.08. The van der Waals surface area contributed by atoms with Crippen molar-refractivity contribution >= 4 is 17.5 Å². The molecule has 0 spiro atoms. The smallest absolute Gasteiger partial charge is 0.258 e. The molecule has 29 heavy (non-hydrogen) atoms. The Hall–Kier alpha value is -2.92. The van der Waals surface area contributed by atoms with E-state index in [2.05, 4.69) is 28.9 Å². The number of benzene rings is 2. The van der Waals surface area contributed by atoms with Crippen LogP contribution in [0.3, 0.4) is 0 Å². The van der Waals surface area contributed by atoms with E-state index in [0.29, 0.717) is 24.4 Å². The van der Waals surface area contributed by atoms with E-state index in [9.17, 15) is 9.59 Å². The Morgan fingerprint density at radius 1 is 1.00 bits per heavy atom. The first-order valence-corrected chi connectivity index (χ1v) is 10.3. The first kappa shape index (κ1) is 19.4. The highest BCUT2D eigenvalue weighted by atomic mass is 16.2. The second-order valence-electron chi connectivity index (χ2n) is 7.67. The van der Waals surface area contributed by atoms with Crippen molar-refractivity contribution in [2.45, 2.75) is 25.3 Å². The minimum Gasteiger partial charge on any atom is -0.354 e. The summed E-state index contributed by atoms with van der Waals surface area (Å²) < 4.78 is 0. The van der Waals surface area contributed by atoms with Crippen LogP contribution in [0.5, 0.6) is 0 Å². The molecule has 2 aromatic carbocycles. The summed E-state index contributed by atoms with van der Waals surface area (Å²) in [6.45, 7) is 7.10. The third-order valence-corrected chi connectivity index (χ3v) is 5.86. The van der Waals surface area contributed by atoms with Crippen LogP contribution in [-0.2, 0) is 4.79 Å². The first-order chi connectivity index (χ1) is 14.1. The van der Waals surface area contributed by atoms with E-state index in [1.54, 1.807) is 4.90 Å². The van der Waals surface area contributed by atoms with Gasteiger partial charge in [0.25, 0.3) is 5.91 Å². The summed E-state index contributed by atoms with van der Waals surface area (Å²) in [5.74, 6) is -0.112. The van der Waals surface area contributed by atoms with Crippen molar-refractivity contribution in [1.29, 1.82) is 0 Å². The van der Waals surface area contributed by atoms with E-state index in [1.807, 2.05) is 42.5 Å². The molecule has 1 atom stereocenters. The summed E-state index contributed by atoms with van der Waals surface area (Å²) in [5, 5.41) is 3.08. The topological polar surface area (TPSA) is 52.7 Å². The van der Waals surface area contributed by atoms with Gasteiger partial charge in [0.2, 0.25) is 5.91 Å². The second kappa shape index (κ2) is 8.62. The van der Waals surface area contributed by atoms with Crippen LogP contribution in [0.2, 0.25) is 0 Å². The molecular formula is C24H27N3O2. The molecule has 0 aliphatic carbocycles. The maximum atomic E-state index is 12.6. The SMILES string of the molecule is C=C1c2ccccc2C(=O)N1CCC(=O)NC[C@@H](c1ccccc1)N1CCCC1. The summed E-state index contributed by atoms with van der Waals surface area (Å²) in [7, 11) is 0. The molecule has 2 heterocycles. The second-order valence-corrected chi connectivity index (χ2v) is 7.67. The molecule has 2 amide bonds. The molecule has 5 nitrogen and oxygen atoms in total. The quantitative estimate of drug-likeness (QED) is 0.789. The van der Waals surface area contributed by atoms with Gasteiger partial charge < -0.3 is 10.2 Å². The third kappa shape index (κ3) is 4.10. The van der Waals surface area contributed by atoms with Gasteiger partial charge >= 0.3 is 0 Å². The van der Waals surface area contributed by atoms with Crippen molar-refractivity contribution < 1.29 is 9.59 Å². The van der Waals surface area contributed by atoms with E-state index in [4.69, 9.17) is 0 Å². The van der Waals surface area contributed by atoms with Crippen LogP contribution in [0, 0.1) is 0 Å². The zero-order valence-corrected chi connectivity index (χ0v) is 16.6. The Kier molecular flexibility index (Phi) is 5.76. The zero-order chi connectivity index (χ0) is 20.2.